The molecular weight excluding hydrogens is 431 g/mol. The highest BCUT2D eigenvalue weighted by Gasteiger charge is 2.38. The Labute approximate surface area is 172 Å². The molecule has 2 aliphatic heterocycles. The van der Waals surface area contributed by atoms with Crippen molar-refractivity contribution in [2.45, 2.75) is 25.1 Å². The lowest BCUT2D eigenvalue weighted by Gasteiger charge is -2.35. The quantitative estimate of drug-likeness (QED) is 0.712. The summed E-state index contributed by atoms with van der Waals surface area (Å²) in [4.78, 5) is 20.0. The minimum Gasteiger partial charge on any atom is -0.475 e. The van der Waals surface area contributed by atoms with E-state index in [-0.39, 0.29) is 6.61 Å². The molecule has 0 radical (unpaired) electrons. The van der Waals surface area contributed by atoms with Crippen molar-refractivity contribution in [1.29, 1.82) is 0 Å². The van der Waals surface area contributed by atoms with Gasteiger partial charge < -0.3 is 14.7 Å². The molecule has 1 N–H and O–H groups in total. The second-order valence-electron chi connectivity index (χ2n) is 6.76. The molecule has 10 nitrogen and oxygen atoms in total. The largest absolute Gasteiger partial charge is 0.490 e. The fraction of sp³-hybridized carbons (Fsp3) is 0.688. The Bertz CT molecular complexity index is 831. The molecule has 3 rings (SSSR count). The molecule has 2 fully saturated rings. The van der Waals surface area contributed by atoms with Crippen LogP contribution in [-0.2, 0) is 19.7 Å². The highest BCUT2D eigenvalue weighted by molar-refractivity contribution is 7.86. The molecule has 170 valence electrons. The second kappa shape index (κ2) is 9.85. The summed E-state index contributed by atoms with van der Waals surface area (Å²) in [5.74, 6) is -1.40. The molecule has 3 heterocycles. The Morgan fingerprint density at radius 1 is 1.27 bits per heavy atom. The van der Waals surface area contributed by atoms with Gasteiger partial charge in [0.25, 0.3) is 10.2 Å². The third-order valence-corrected chi connectivity index (χ3v) is 6.42. The lowest BCUT2D eigenvalue weighted by atomic mass is 10.2. The maximum Gasteiger partial charge on any atom is 0.490 e. The molecule has 0 amide bonds. The van der Waals surface area contributed by atoms with E-state index in [0.717, 1.165) is 31.7 Å². The van der Waals surface area contributed by atoms with Gasteiger partial charge in [-0.05, 0) is 18.9 Å². The van der Waals surface area contributed by atoms with Crippen LogP contribution in [0.4, 0.5) is 19.0 Å². The zero-order valence-electron chi connectivity index (χ0n) is 16.5. The maximum atomic E-state index is 12.5. The summed E-state index contributed by atoms with van der Waals surface area (Å²) in [5, 5.41) is 7.12. The molecule has 0 aliphatic carbocycles. The Hall–Kier alpha value is -2.03. The summed E-state index contributed by atoms with van der Waals surface area (Å²) in [6, 6.07) is 1.39. The van der Waals surface area contributed by atoms with Crippen molar-refractivity contribution in [2.75, 3.05) is 51.8 Å². The zero-order valence-corrected chi connectivity index (χ0v) is 17.4. The van der Waals surface area contributed by atoms with Gasteiger partial charge in [-0.1, -0.05) is 0 Å². The smallest absolute Gasteiger partial charge is 0.475 e. The summed E-state index contributed by atoms with van der Waals surface area (Å²) in [6.07, 6.45) is -1.06. The van der Waals surface area contributed by atoms with Crippen molar-refractivity contribution in [3.05, 3.63) is 18.1 Å². The van der Waals surface area contributed by atoms with E-state index in [2.05, 4.69) is 14.9 Å². The molecule has 14 heteroatoms. The molecule has 30 heavy (non-hydrogen) atoms. The van der Waals surface area contributed by atoms with Crippen molar-refractivity contribution in [3.63, 3.8) is 0 Å². The lowest BCUT2D eigenvalue weighted by Crippen LogP contribution is -2.48. The predicted octanol–water partition coefficient (Wildman–Crippen LogP) is 0.890. The van der Waals surface area contributed by atoms with Crippen LogP contribution < -0.4 is 4.90 Å². The van der Waals surface area contributed by atoms with Crippen LogP contribution in [0.1, 0.15) is 24.7 Å². The van der Waals surface area contributed by atoms with E-state index in [1.165, 1.54) is 22.7 Å². The standard InChI is InChI=1S/C14H23N5O3S.C2HF3O2/c1-17(2)23(20,21)19-9-10-22-11-12(19)14-15-6-5-13(16-14)18-7-3-4-8-18;3-2(4,5)1(6)7/h5-6,12H,3-4,7-11H2,1-2H3;(H,6,7). The summed E-state index contributed by atoms with van der Waals surface area (Å²) in [6.45, 7) is 2.93. The average Bonchev–Trinajstić information content (AvgIpc) is 3.22. The number of aliphatic carboxylic acids is 1. The van der Waals surface area contributed by atoms with Gasteiger partial charge in [0, 0.05) is 39.9 Å². The summed E-state index contributed by atoms with van der Waals surface area (Å²) in [7, 11) is -0.474. The predicted molar refractivity (Wildman–Crippen MR) is 100 cm³/mol. The van der Waals surface area contributed by atoms with Crippen molar-refractivity contribution < 1.29 is 36.2 Å². The summed E-state index contributed by atoms with van der Waals surface area (Å²) < 4.78 is 65.0. The molecule has 1 aromatic rings. The SMILES string of the molecule is CN(C)S(=O)(=O)N1CCOCC1c1nccc(N2CCCC2)n1.O=C(O)C(F)(F)F. The van der Waals surface area contributed by atoms with Gasteiger partial charge in [0.1, 0.15) is 11.9 Å². The van der Waals surface area contributed by atoms with E-state index in [4.69, 9.17) is 14.6 Å². The number of carboxylic acid groups (broad SMARTS) is 1. The topological polar surface area (TPSA) is 116 Å². The Balaban J connectivity index is 0.000000396. The first-order chi connectivity index (χ1) is 13.9. The highest BCUT2D eigenvalue weighted by atomic mass is 32.2. The molecule has 0 saturated carbocycles. The minimum absolute atomic E-state index is 0.274. The molecule has 0 aromatic carbocycles. The number of nitrogens with zero attached hydrogens (tertiary/aromatic N) is 5. The van der Waals surface area contributed by atoms with Crippen molar-refractivity contribution >= 4 is 22.0 Å². The number of anilines is 1. The Kier molecular flexibility index (Phi) is 7.96. The summed E-state index contributed by atoms with van der Waals surface area (Å²) in [5.41, 5.74) is 0. The first-order valence-electron chi connectivity index (χ1n) is 9.09. The van der Waals surface area contributed by atoms with Crippen LogP contribution >= 0.6 is 0 Å². The van der Waals surface area contributed by atoms with Gasteiger partial charge >= 0.3 is 12.1 Å². The first-order valence-corrected chi connectivity index (χ1v) is 10.5. The second-order valence-corrected chi connectivity index (χ2v) is 8.86. The van der Waals surface area contributed by atoms with Crippen LogP contribution in [0.15, 0.2) is 12.3 Å². The molecule has 1 unspecified atom stereocenters. The maximum absolute atomic E-state index is 12.5. The number of halogens is 3. The minimum atomic E-state index is -5.08. The van der Waals surface area contributed by atoms with Crippen molar-refractivity contribution in [3.8, 4) is 0 Å². The third-order valence-electron chi connectivity index (χ3n) is 4.47. The van der Waals surface area contributed by atoms with Gasteiger partial charge in [-0.15, -0.1) is 0 Å². The van der Waals surface area contributed by atoms with E-state index >= 15 is 0 Å². The van der Waals surface area contributed by atoms with Gasteiger partial charge in [-0.3, -0.25) is 0 Å². The Morgan fingerprint density at radius 3 is 2.40 bits per heavy atom. The molecule has 1 atom stereocenters. The highest BCUT2D eigenvalue weighted by Crippen LogP contribution is 2.27. The van der Waals surface area contributed by atoms with Crippen LogP contribution in [0.5, 0.6) is 0 Å². The number of alkyl halides is 3. The van der Waals surface area contributed by atoms with E-state index in [1.54, 1.807) is 6.20 Å². The van der Waals surface area contributed by atoms with Gasteiger partial charge in [0.2, 0.25) is 0 Å². The Morgan fingerprint density at radius 2 is 1.87 bits per heavy atom. The number of rotatable bonds is 4. The number of aromatic nitrogens is 2. The van der Waals surface area contributed by atoms with E-state index in [0.29, 0.717) is 19.0 Å². The van der Waals surface area contributed by atoms with E-state index in [9.17, 15) is 21.6 Å². The van der Waals surface area contributed by atoms with Crippen LogP contribution in [0.25, 0.3) is 0 Å². The van der Waals surface area contributed by atoms with Gasteiger partial charge in [0.05, 0.1) is 13.2 Å². The monoisotopic (exact) mass is 455 g/mol. The zero-order chi connectivity index (χ0) is 22.5. The fourth-order valence-corrected chi connectivity index (χ4v) is 4.13. The van der Waals surface area contributed by atoms with Crippen molar-refractivity contribution in [2.24, 2.45) is 0 Å². The number of carboxylic acids is 1. The molecule has 2 saturated heterocycles. The molecule has 0 spiro atoms. The van der Waals surface area contributed by atoms with Crippen LogP contribution in [0.2, 0.25) is 0 Å². The van der Waals surface area contributed by atoms with E-state index in [1.807, 2.05) is 6.07 Å². The molecule has 2 aliphatic rings. The van der Waals surface area contributed by atoms with E-state index < -0.39 is 28.4 Å². The number of hydrogen-bond acceptors (Lipinski definition) is 7. The third kappa shape index (κ3) is 6.00. The molecule has 0 bridgehead atoms. The van der Waals surface area contributed by atoms with Crippen molar-refractivity contribution in [1.82, 2.24) is 18.6 Å². The normalized spacial score (nSPS) is 20.7. The molecule has 1 aromatic heterocycles. The molecular formula is C16H24F3N5O5S. The number of carbonyl (C=O) groups is 1. The number of morpholine rings is 1. The number of ether oxygens (including phenoxy) is 1. The fourth-order valence-electron chi connectivity index (χ4n) is 2.92. The van der Waals surface area contributed by atoms with Crippen LogP contribution in [-0.4, -0.2) is 91.2 Å². The van der Waals surface area contributed by atoms with Crippen LogP contribution in [0, 0.1) is 0 Å². The lowest BCUT2D eigenvalue weighted by molar-refractivity contribution is -0.192. The van der Waals surface area contributed by atoms with Gasteiger partial charge in [0.15, 0.2) is 5.82 Å². The number of hydrogen-bond donors (Lipinski definition) is 1. The van der Waals surface area contributed by atoms with Gasteiger partial charge in [-0.2, -0.15) is 30.2 Å². The van der Waals surface area contributed by atoms with Gasteiger partial charge in [-0.25, -0.2) is 14.8 Å². The summed E-state index contributed by atoms with van der Waals surface area (Å²) >= 11 is 0. The average molecular weight is 455 g/mol. The van der Waals surface area contributed by atoms with Crippen LogP contribution in [0.3, 0.4) is 0 Å². The first kappa shape index (κ1) is 24.2.